The van der Waals surface area contributed by atoms with Gasteiger partial charge < -0.3 is 39.0 Å². The molecule has 6 unspecified atom stereocenters. The monoisotopic (exact) mass is 1020 g/mol. The highest BCUT2D eigenvalue weighted by Crippen LogP contribution is 2.26. The number of ether oxygens (including phenoxy) is 5. The van der Waals surface area contributed by atoms with Crippen LogP contribution < -0.4 is 0 Å². The summed E-state index contributed by atoms with van der Waals surface area (Å²) in [6.45, 7) is 5.67. The van der Waals surface area contributed by atoms with Gasteiger partial charge in [0.25, 0.3) is 0 Å². The molecule has 1 heterocycles. The lowest BCUT2D eigenvalue weighted by Crippen LogP contribution is -2.61. The molecule has 0 bridgehead atoms. The summed E-state index contributed by atoms with van der Waals surface area (Å²) >= 11 is 0. The molecule has 0 amide bonds. The molecule has 1 fully saturated rings. The Balaban J connectivity index is 2.76. The second kappa shape index (κ2) is 48.6. The topological polar surface area (TPSA) is 175 Å². The predicted octanol–water partition coefficient (Wildman–Crippen LogP) is 14.1. The molecular formula is C61H98O12. The van der Waals surface area contributed by atoms with Gasteiger partial charge in [-0.1, -0.05) is 176 Å². The van der Waals surface area contributed by atoms with Crippen LogP contribution in [-0.2, 0) is 42.9 Å². The number of esters is 3. The maximum atomic E-state index is 13.1. The van der Waals surface area contributed by atoms with E-state index in [1.807, 2.05) is 0 Å². The summed E-state index contributed by atoms with van der Waals surface area (Å²) in [5, 5.41) is 31.4. The van der Waals surface area contributed by atoms with Crippen LogP contribution in [0.3, 0.4) is 0 Å². The van der Waals surface area contributed by atoms with Crippen molar-refractivity contribution < 1.29 is 58.2 Å². The highest BCUT2D eigenvalue weighted by atomic mass is 16.7. The van der Waals surface area contributed by atoms with Gasteiger partial charge in [-0.3, -0.25) is 14.4 Å². The lowest BCUT2D eigenvalue weighted by atomic mass is 9.98. The normalized spacial score (nSPS) is 19.1. The van der Waals surface area contributed by atoms with Crippen LogP contribution >= 0.6 is 0 Å². The van der Waals surface area contributed by atoms with Gasteiger partial charge in [-0.15, -0.1) is 0 Å². The van der Waals surface area contributed by atoms with Crippen LogP contribution in [-0.4, -0.2) is 89.2 Å². The fourth-order valence-corrected chi connectivity index (χ4v) is 7.84. The van der Waals surface area contributed by atoms with Gasteiger partial charge in [-0.25, -0.2) is 4.79 Å². The zero-order chi connectivity index (χ0) is 53.3. The minimum atomic E-state index is -1.92. The molecule has 0 aromatic rings. The number of aliphatic hydroxyl groups is 2. The molecule has 0 spiro atoms. The number of hydrogen-bond acceptors (Lipinski definition) is 11. The first-order valence-corrected chi connectivity index (χ1v) is 28.2. The van der Waals surface area contributed by atoms with Crippen LogP contribution in [0.25, 0.3) is 0 Å². The molecule has 0 aromatic heterocycles. The summed E-state index contributed by atoms with van der Waals surface area (Å²) in [6, 6.07) is 0. The van der Waals surface area contributed by atoms with E-state index in [9.17, 15) is 34.5 Å². The summed E-state index contributed by atoms with van der Waals surface area (Å²) in [5.74, 6) is -3.22. The van der Waals surface area contributed by atoms with E-state index in [4.69, 9.17) is 23.7 Å². The van der Waals surface area contributed by atoms with Gasteiger partial charge in [0.2, 0.25) is 0 Å². The predicted molar refractivity (Wildman–Crippen MR) is 294 cm³/mol. The zero-order valence-corrected chi connectivity index (χ0v) is 45.3. The Morgan fingerprint density at radius 2 is 0.863 bits per heavy atom. The molecule has 414 valence electrons. The van der Waals surface area contributed by atoms with Crippen molar-refractivity contribution in [2.45, 2.75) is 250 Å². The lowest BCUT2D eigenvalue weighted by molar-refractivity contribution is -0.301. The van der Waals surface area contributed by atoms with Gasteiger partial charge in [-0.05, 0) is 116 Å². The maximum absolute atomic E-state index is 13.1. The number of aliphatic hydroxyl groups excluding tert-OH is 2. The molecule has 0 aliphatic carbocycles. The second-order valence-corrected chi connectivity index (χ2v) is 18.8. The number of rotatable bonds is 46. The molecular weight excluding hydrogens is 925 g/mol. The standard InChI is InChI=1S/C61H98O12/c1-4-7-10-13-16-19-22-25-27-30-32-35-38-41-44-47-53(62)69-50-52(71-54(63)48-45-42-39-36-34-31-28-26-23-20-17-14-11-8-5-2)51-70-61-59(57(66)56(65)58(73-61)60(67)68)72-55(64)49-46-43-40-37-33-29-24-21-18-15-12-9-6-3/h7-8,10-11,16-17,19-21,24-28,32,35,52,56-59,61,65-66H,4-6,9,12-15,18,22-23,29-31,33-34,36-51H2,1-3H3,(H,67,68)/b10-7-,11-8-,19-16-,20-17-,24-21-,27-25-,28-26-,35-32-. The summed E-state index contributed by atoms with van der Waals surface area (Å²) in [4.78, 5) is 51.0. The highest BCUT2D eigenvalue weighted by molar-refractivity contribution is 5.74. The molecule has 1 aliphatic rings. The second-order valence-electron chi connectivity index (χ2n) is 18.8. The van der Waals surface area contributed by atoms with Gasteiger partial charge in [0.1, 0.15) is 18.8 Å². The van der Waals surface area contributed by atoms with Crippen LogP contribution in [0.4, 0.5) is 0 Å². The summed E-state index contributed by atoms with van der Waals surface area (Å²) in [5.41, 5.74) is 0. The average Bonchev–Trinajstić information content (AvgIpc) is 3.37. The van der Waals surface area contributed by atoms with E-state index in [0.29, 0.717) is 19.3 Å². The summed E-state index contributed by atoms with van der Waals surface area (Å²) < 4.78 is 28.3. The summed E-state index contributed by atoms with van der Waals surface area (Å²) in [7, 11) is 0. The fraction of sp³-hybridized carbons (Fsp3) is 0.672. The van der Waals surface area contributed by atoms with E-state index in [-0.39, 0.29) is 25.9 Å². The van der Waals surface area contributed by atoms with Crippen LogP contribution in [0.5, 0.6) is 0 Å². The number of carbonyl (C=O) groups is 4. The van der Waals surface area contributed by atoms with E-state index in [1.165, 1.54) is 25.7 Å². The number of allylic oxidation sites excluding steroid dienone is 16. The van der Waals surface area contributed by atoms with E-state index >= 15 is 0 Å². The van der Waals surface area contributed by atoms with Crippen molar-refractivity contribution in [1.29, 1.82) is 0 Å². The molecule has 0 saturated carbocycles. The average molecular weight is 1020 g/mol. The molecule has 73 heavy (non-hydrogen) atoms. The van der Waals surface area contributed by atoms with Crippen LogP contribution in [0.1, 0.15) is 213 Å². The Bertz CT molecular complexity index is 1640. The third-order valence-electron chi connectivity index (χ3n) is 12.1. The van der Waals surface area contributed by atoms with Crippen molar-refractivity contribution in [3.05, 3.63) is 97.2 Å². The van der Waals surface area contributed by atoms with Gasteiger partial charge in [-0.2, -0.15) is 0 Å². The van der Waals surface area contributed by atoms with Gasteiger partial charge in [0, 0.05) is 19.3 Å². The van der Waals surface area contributed by atoms with E-state index in [2.05, 4.69) is 118 Å². The quantitative estimate of drug-likeness (QED) is 0.0228. The van der Waals surface area contributed by atoms with Gasteiger partial charge in [0.15, 0.2) is 24.6 Å². The number of carbonyl (C=O) groups excluding carboxylic acids is 3. The SMILES string of the molecule is CC/C=C\C/C=C\C/C=C\C/C=C\CCCCC(=O)OCC(COC1OC(C(=O)O)C(O)C(O)C1OC(=O)CCCCCCC/C=C\CCCCCC)OC(=O)CCCCCCC/C=C\C/C=C\C/C=C\CC. The number of carboxylic acids is 1. The highest BCUT2D eigenvalue weighted by Gasteiger charge is 2.50. The van der Waals surface area contributed by atoms with Crippen LogP contribution in [0.15, 0.2) is 97.2 Å². The molecule has 0 radical (unpaired) electrons. The molecule has 12 heteroatoms. The molecule has 1 rings (SSSR count). The molecule has 0 aromatic carbocycles. The first kappa shape index (κ1) is 66.7. The minimum Gasteiger partial charge on any atom is -0.479 e. The van der Waals surface area contributed by atoms with Crippen molar-refractivity contribution in [2.75, 3.05) is 13.2 Å². The fourth-order valence-electron chi connectivity index (χ4n) is 7.84. The molecule has 1 saturated heterocycles. The number of hydrogen-bond donors (Lipinski definition) is 3. The largest absolute Gasteiger partial charge is 0.479 e. The van der Waals surface area contributed by atoms with Crippen molar-refractivity contribution in [2.24, 2.45) is 0 Å². The number of aliphatic carboxylic acids is 1. The van der Waals surface area contributed by atoms with Crippen molar-refractivity contribution in [3.63, 3.8) is 0 Å². The third-order valence-corrected chi connectivity index (χ3v) is 12.1. The van der Waals surface area contributed by atoms with Gasteiger partial charge in [0.05, 0.1) is 6.61 Å². The van der Waals surface area contributed by atoms with Crippen molar-refractivity contribution >= 4 is 23.9 Å². The van der Waals surface area contributed by atoms with Crippen LogP contribution in [0, 0.1) is 0 Å². The lowest BCUT2D eigenvalue weighted by Gasteiger charge is -2.40. The van der Waals surface area contributed by atoms with Crippen molar-refractivity contribution in [1.82, 2.24) is 0 Å². The Morgan fingerprint density at radius 3 is 1.36 bits per heavy atom. The molecule has 1 aliphatic heterocycles. The molecule has 3 N–H and O–H groups in total. The Morgan fingerprint density at radius 1 is 0.466 bits per heavy atom. The Kier molecular flexibility index (Phi) is 44.4. The summed E-state index contributed by atoms with van der Waals surface area (Å²) in [6.07, 6.45) is 51.0. The first-order chi connectivity index (χ1) is 35.6. The molecule has 12 nitrogen and oxygen atoms in total. The van der Waals surface area contributed by atoms with Crippen molar-refractivity contribution in [3.8, 4) is 0 Å². The zero-order valence-electron chi connectivity index (χ0n) is 45.3. The first-order valence-electron chi connectivity index (χ1n) is 28.2. The Labute approximate surface area is 441 Å². The van der Waals surface area contributed by atoms with Gasteiger partial charge >= 0.3 is 23.9 Å². The third kappa shape index (κ3) is 38.8. The van der Waals surface area contributed by atoms with E-state index in [0.717, 1.165) is 128 Å². The number of unbranched alkanes of at least 4 members (excludes halogenated alkanes) is 16. The van der Waals surface area contributed by atoms with E-state index in [1.54, 1.807) is 0 Å². The maximum Gasteiger partial charge on any atom is 0.335 e. The number of carboxylic acid groups (broad SMARTS) is 1. The van der Waals surface area contributed by atoms with Crippen LogP contribution in [0.2, 0.25) is 0 Å². The smallest absolute Gasteiger partial charge is 0.335 e. The molecule has 6 atom stereocenters. The Hall–Kier alpha value is -4.36. The minimum absolute atomic E-state index is 0.0399. The van der Waals surface area contributed by atoms with E-state index < -0.39 is 67.3 Å².